The number of aromatic nitrogens is 3. The van der Waals surface area contributed by atoms with Crippen molar-refractivity contribution < 1.29 is 4.42 Å². The van der Waals surface area contributed by atoms with E-state index in [1.807, 2.05) is 12.1 Å². The summed E-state index contributed by atoms with van der Waals surface area (Å²) in [6.45, 7) is 0. The molecular weight excluding hydrogens is 659 g/mol. The summed E-state index contributed by atoms with van der Waals surface area (Å²) in [4.78, 5) is 10.9. The molecular formula is C50H31N3O. The first-order valence-electron chi connectivity index (χ1n) is 18.6. The highest BCUT2D eigenvalue weighted by molar-refractivity contribution is 6.22. The van der Waals surface area contributed by atoms with Gasteiger partial charge >= 0.3 is 0 Å². The average Bonchev–Trinajstić information content (AvgIpc) is 3.77. The van der Waals surface area contributed by atoms with E-state index in [1.165, 1.54) is 42.8 Å². The second-order valence-corrected chi connectivity index (χ2v) is 14.4. The summed E-state index contributed by atoms with van der Waals surface area (Å²) < 4.78 is 8.65. The number of fused-ring (bicyclic) bond motifs is 11. The summed E-state index contributed by atoms with van der Waals surface area (Å²) in [5.41, 5.74) is 9.15. The number of para-hydroxylation sites is 2. The van der Waals surface area contributed by atoms with Crippen molar-refractivity contribution in [2.75, 3.05) is 0 Å². The van der Waals surface area contributed by atoms with Crippen molar-refractivity contribution >= 4 is 88.3 Å². The molecule has 4 heteroatoms. The lowest BCUT2D eigenvalue weighted by molar-refractivity contribution is 0.669. The Kier molecular flexibility index (Phi) is 6.14. The summed E-state index contributed by atoms with van der Waals surface area (Å²) in [7, 11) is 0. The molecule has 0 atom stereocenters. The molecule has 3 aromatic heterocycles. The van der Waals surface area contributed by atoms with Crippen molar-refractivity contribution in [3.63, 3.8) is 0 Å². The van der Waals surface area contributed by atoms with Crippen molar-refractivity contribution in [3.05, 3.63) is 162 Å². The van der Waals surface area contributed by atoms with E-state index in [1.54, 1.807) is 0 Å². The van der Waals surface area contributed by atoms with Crippen LogP contribution in [0.15, 0.2) is 156 Å². The van der Waals surface area contributed by atoms with Crippen molar-refractivity contribution in [1.29, 1.82) is 0 Å². The number of hydrogen-bond donors (Lipinski definition) is 0. The zero-order valence-electron chi connectivity index (χ0n) is 29.3. The smallest absolute Gasteiger partial charge is 0.235 e. The maximum Gasteiger partial charge on any atom is 0.235 e. The summed E-state index contributed by atoms with van der Waals surface area (Å²) in [5.74, 6) is 0.656. The molecule has 0 saturated heterocycles. The molecule has 0 fully saturated rings. The number of rotatable bonds is 3. The zero-order chi connectivity index (χ0) is 35.3. The topological polar surface area (TPSA) is 43.9 Å². The minimum atomic E-state index is 0.656. The van der Waals surface area contributed by atoms with Crippen LogP contribution in [0.25, 0.3) is 117 Å². The van der Waals surface area contributed by atoms with Crippen LogP contribution in [0.1, 0.15) is 12.8 Å². The molecule has 0 saturated carbocycles. The molecule has 12 rings (SSSR count). The van der Waals surface area contributed by atoms with Gasteiger partial charge in [0.2, 0.25) is 5.95 Å². The summed E-state index contributed by atoms with van der Waals surface area (Å²) in [5, 5.41) is 13.0. The zero-order valence-corrected chi connectivity index (χ0v) is 29.3. The molecule has 1 aliphatic rings. The van der Waals surface area contributed by atoms with Crippen molar-refractivity contribution in [1.82, 2.24) is 14.5 Å². The molecule has 0 spiro atoms. The van der Waals surface area contributed by atoms with Crippen LogP contribution in [-0.4, -0.2) is 14.5 Å². The number of nitrogens with zero attached hydrogens (tertiary/aromatic N) is 3. The van der Waals surface area contributed by atoms with E-state index < -0.39 is 0 Å². The van der Waals surface area contributed by atoms with Crippen molar-refractivity contribution in [2.45, 2.75) is 12.8 Å². The molecule has 252 valence electrons. The van der Waals surface area contributed by atoms with Crippen LogP contribution in [0.5, 0.6) is 0 Å². The lowest BCUT2D eigenvalue weighted by Gasteiger charge is -2.15. The van der Waals surface area contributed by atoms with Gasteiger partial charge in [-0.05, 0) is 92.9 Å². The standard InChI is InChI=1S/C50H31N3O/c1-2-13-32-27-35(22-21-30(32)11-1)48-39-18-7-9-19-42(39)51-50(52-48)53-43-25-23-31-12-3-5-15-36(31)47(43)41-28-33-14-4-6-16-37(33)46(49(41)53)34-24-26-45-40(29-34)38-17-8-10-20-44(38)54-45/h1-2,4,6-29H,3,5H2. The van der Waals surface area contributed by atoms with Gasteiger partial charge in [0.05, 0.1) is 22.2 Å². The van der Waals surface area contributed by atoms with Gasteiger partial charge in [0, 0.05) is 38.1 Å². The molecule has 11 aromatic rings. The van der Waals surface area contributed by atoms with Gasteiger partial charge in [-0.25, -0.2) is 9.97 Å². The summed E-state index contributed by atoms with van der Waals surface area (Å²) >= 11 is 0. The minimum absolute atomic E-state index is 0.656. The molecule has 1 aliphatic carbocycles. The van der Waals surface area contributed by atoms with Gasteiger partial charge in [0.1, 0.15) is 11.2 Å². The van der Waals surface area contributed by atoms with Crippen molar-refractivity contribution in [2.24, 2.45) is 0 Å². The van der Waals surface area contributed by atoms with Gasteiger partial charge in [-0.2, -0.15) is 0 Å². The van der Waals surface area contributed by atoms with E-state index >= 15 is 0 Å². The third kappa shape index (κ3) is 4.25. The van der Waals surface area contributed by atoms with Gasteiger partial charge in [-0.15, -0.1) is 0 Å². The van der Waals surface area contributed by atoms with Crippen LogP contribution >= 0.6 is 0 Å². The van der Waals surface area contributed by atoms with Crippen LogP contribution in [0.2, 0.25) is 0 Å². The van der Waals surface area contributed by atoms with Gasteiger partial charge in [0.15, 0.2) is 0 Å². The largest absolute Gasteiger partial charge is 0.456 e. The fourth-order valence-corrected chi connectivity index (χ4v) is 8.94. The van der Waals surface area contributed by atoms with Crippen LogP contribution in [-0.2, 0) is 0 Å². The summed E-state index contributed by atoms with van der Waals surface area (Å²) in [6.07, 6.45) is 6.86. The molecule has 0 N–H and O–H groups in total. The highest BCUT2D eigenvalue weighted by Gasteiger charge is 2.24. The fourth-order valence-electron chi connectivity index (χ4n) is 8.94. The Balaban J connectivity index is 1.26. The van der Waals surface area contributed by atoms with E-state index in [0.717, 1.165) is 79.1 Å². The Labute approximate surface area is 309 Å². The SMILES string of the molecule is C1=c2ccc3c(c2=CCC1)c1cc2ccccc2c(-c2ccc4oc5ccccc5c4c2)c1n3-c1nc(-c2ccc3ccccc3c2)c2ccccc2n1. The highest BCUT2D eigenvalue weighted by Crippen LogP contribution is 2.43. The first-order valence-corrected chi connectivity index (χ1v) is 18.6. The maximum absolute atomic E-state index is 6.31. The Morgan fingerprint density at radius 3 is 2.17 bits per heavy atom. The second kappa shape index (κ2) is 11.2. The Morgan fingerprint density at radius 2 is 1.24 bits per heavy atom. The second-order valence-electron chi connectivity index (χ2n) is 14.4. The fraction of sp³-hybridized carbons (Fsp3) is 0.0400. The lowest BCUT2D eigenvalue weighted by atomic mass is 9.93. The number of furan rings is 1. The van der Waals surface area contributed by atoms with Crippen LogP contribution in [0, 0.1) is 0 Å². The normalized spacial score (nSPS) is 13.0. The van der Waals surface area contributed by atoms with Crippen LogP contribution in [0.3, 0.4) is 0 Å². The molecule has 0 aliphatic heterocycles. The van der Waals surface area contributed by atoms with E-state index in [2.05, 4.69) is 156 Å². The third-order valence-electron chi connectivity index (χ3n) is 11.4. The lowest BCUT2D eigenvalue weighted by Crippen LogP contribution is -2.27. The van der Waals surface area contributed by atoms with Gasteiger partial charge in [0.25, 0.3) is 0 Å². The van der Waals surface area contributed by atoms with Crippen LogP contribution < -0.4 is 10.4 Å². The third-order valence-corrected chi connectivity index (χ3v) is 11.4. The number of hydrogen-bond acceptors (Lipinski definition) is 3. The first kappa shape index (κ1) is 29.5. The van der Waals surface area contributed by atoms with Gasteiger partial charge in [-0.1, -0.05) is 121 Å². The first-order chi connectivity index (χ1) is 26.8. The van der Waals surface area contributed by atoms with Gasteiger partial charge < -0.3 is 4.42 Å². The van der Waals surface area contributed by atoms with Gasteiger partial charge in [-0.3, -0.25) is 4.57 Å². The molecule has 0 amide bonds. The molecule has 54 heavy (non-hydrogen) atoms. The Bertz CT molecular complexity index is 3510. The van der Waals surface area contributed by atoms with Crippen LogP contribution in [0.4, 0.5) is 0 Å². The van der Waals surface area contributed by atoms with E-state index in [-0.39, 0.29) is 0 Å². The molecule has 8 aromatic carbocycles. The quantitative estimate of drug-likeness (QED) is 0.185. The molecule has 0 radical (unpaired) electrons. The highest BCUT2D eigenvalue weighted by atomic mass is 16.3. The monoisotopic (exact) mass is 689 g/mol. The van der Waals surface area contributed by atoms with Crippen molar-refractivity contribution in [3.8, 4) is 28.3 Å². The Morgan fingerprint density at radius 1 is 0.500 bits per heavy atom. The predicted molar refractivity (Wildman–Crippen MR) is 224 cm³/mol. The van der Waals surface area contributed by atoms with E-state index in [9.17, 15) is 0 Å². The minimum Gasteiger partial charge on any atom is -0.456 e. The van der Waals surface area contributed by atoms with E-state index in [4.69, 9.17) is 14.4 Å². The molecule has 0 bridgehead atoms. The molecule has 4 nitrogen and oxygen atoms in total. The van der Waals surface area contributed by atoms with E-state index in [0.29, 0.717) is 5.95 Å². The number of benzene rings is 8. The summed E-state index contributed by atoms with van der Waals surface area (Å²) in [6, 6.07) is 54.2. The predicted octanol–water partition coefficient (Wildman–Crippen LogP) is 11.6. The maximum atomic E-state index is 6.31. The molecule has 0 unspecified atom stereocenters. The Hall–Kier alpha value is -7.04. The average molecular weight is 690 g/mol. The molecule has 3 heterocycles.